The van der Waals surface area contributed by atoms with Crippen molar-refractivity contribution in [3.8, 4) is 0 Å². The molecule has 0 saturated heterocycles. The van der Waals surface area contributed by atoms with Gasteiger partial charge in [-0.15, -0.1) is 0 Å². The third-order valence-electron chi connectivity index (χ3n) is 2.77. The summed E-state index contributed by atoms with van der Waals surface area (Å²) < 4.78 is 13.5. The van der Waals surface area contributed by atoms with Crippen LogP contribution in [0.2, 0.25) is 0 Å². The molecule has 0 aliphatic carbocycles. The molecule has 2 N–H and O–H groups in total. The van der Waals surface area contributed by atoms with Gasteiger partial charge in [-0.2, -0.15) is 0 Å². The minimum absolute atomic E-state index is 0.0298. The van der Waals surface area contributed by atoms with Crippen molar-refractivity contribution in [3.05, 3.63) is 33.6 Å². The van der Waals surface area contributed by atoms with Gasteiger partial charge in [0.15, 0.2) is 0 Å². The van der Waals surface area contributed by atoms with E-state index in [1.807, 2.05) is 0 Å². The molecule has 7 nitrogen and oxygen atoms in total. The number of carboxylic acid groups (broad SMARTS) is 1. The van der Waals surface area contributed by atoms with Crippen molar-refractivity contribution in [2.45, 2.75) is 19.9 Å². The maximum absolute atomic E-state index is 13.5. The van der Waals surface area contributed by atoms with Crippen molar-refractivity contribution in [3.63, 3.8) is 0 Å². The van der Waals surface area contributed by atoms with Crippen LogP contribution in [0.4, 0.5) is 15.8 Å². The molecule has 0 fully saturated rings. The van der Waals surface area contributed by atoms with Crippen LogP contribution in [0, 0.1) is 15.9 Å². The zero-order valence-electron chi connectivity index (χ0n) is 11.0. The number of aromatic carboxylic acids is 1. The minimum Gasteiger partial charge on any atom is -0.478 e. The van der Waals surface area contributed by atoms with Crippen molar-refractivity contribution in [2.24, 2.45) is 0 Å². The Kier molecular flexibility index (Phi) is 4.98. The van der Waals surface area contributed by atoms with Crippen molar-refractivity contribution >= 4 is 17.3 Å². The van der Waals surface area contributed by atoms with Gasteiger partial charge in [-0.3, -0.25) is 10.1 Å². The topological polar surface area (TPSA) is 104 Å². The number of aliphatic hydroxyl groups is 1. The van der Waals surface area contributed by atoms with Crippen molar-refractivity contribution < 1.29 is 24.3 Å². The summed E-state index contributed by atoms with van der Waals surface area (Å²) in [5.74, 6) is -2.67. The van der Waals surface area contributed by atoms with E-state index in [-0.39, 0.29) is 24.9 Å². The number of benzene rings is 1. The molecule has 1 aromatic carbocycles. The first-order valence-electron chi connectivity index (χ1n) is 5.88. The average molecular weight is 286 g/mol. The van der Waals surface area contributed by atoms with Crippen LogP contribution in [0.15, 0.2) is 12.1 Å². The van der Waals surface area contributed by atoms with Gasteiger partial charge < -0.3 is 15.1 Å². The molecule has 1 rings (SSSR count). The molecule has 0 heterocycles. The second-order valence-corrected chi connectivity index (χ2v) is 4.39. The lowest BCUT2D eigenvalue weighted by Gasteiger charge is -2.28. The van der Waals surface area contributed by atoms with Crippen LogP contribution in [0.3, 0.4) is 0 Å². The summed E-state index contributed by atoms with van der Waals surface area (Å²) in [5.41, 5.74) is -1.21. The van der Waals surface area contributed by atoms with Gasteiger partial charge in [0, 0.05) is 12.6 Å². The second kappa shape index (κ2) is 6.29. The highest BCUT2D eigenvalue weighted by Crippen LogP contribution is 2.32. The molecule has 1 aromatic rings. The predicted molar refractivity (Wildman–Crippen MR) is 69.6 cm³/mol. The zero-order chi connectivity index (χ0) is 15.4. The van der Waals surface area contributed by atoms with Crippen LogP contribution < -0.4 is 4.90 Å². The second-order valence-electron chi connectivity index (χ2n) is 4.39. The van der Waals surface area contributed by atoms with Crippen LogP contribution in [-0.4, -0.2) is 40.3 Å². The van der Waals surface area contributed by atoms with Gasteiger partial charge >= 0.3 is 5.97 Å². The molecule has 0 spiro atoms. The normalized spacial score (nSPS) is 10.7. The van der Waals surface area contributed by atoms with Crippen molar-refractivity contribution in [1.82, 2.24) is 0 Å². The Hall–Kier alpha value is -2.22. The SMILES string of the molecule is CC(C)N(CCO)c1cc(C(=O)O)c(F)cc1[N+](=O)[O-]. The Bertz CT molecular complexity index is 533. The van der Waals surface area contributed by atoms with Crippen LogP contribution in [0.1, 0.15) is 24.2 Å². The van der Waals surface area contributed by atoms with E-state index < -0.39 is 28.0 Å². The first kappa shape index (κ1) is 15.8. The number of aliphatic hydroxyl groups excluding tert-OH is 1. The molecule has 0 bridgehead atoms. The summed E-state index contributed by atoms with van der Waals surface area (Å²) in [6.07, 6.45) is 0. The van der Waals surface area contributed by atoms with Crippen molar-refractivity contribution in [1.29, 1.82) is 0 Å². The first-order valence-corrected chi connectivity index (χ1v) is 5.88. The van der Waals surface area contributed by atoms with E-state index in [0.717, 1.165) is 6.07 Å². The number of anilines is 1. The number of hydrogen-bond acceptors (Lipinski definition) is 5. The summed E-state index contributed by atoms with van der Waals surface area (Å²) in [4.78, 5) is 22.6. The molecule has 0 unspecified atom stereocenters. The highest BCUT2D eigenvalue weighted by atomic mass is 19.1. The Morgan fingerprint density at radius 1 is 1.50 bits per heavy atom. The highest BCUT2D eigenvalue weighted by molar-refractivity contribution is 5.90. The maximum atomic E-state index is 13.5. The van der Waals surface area contributed by atoms with E-state index in [4.69, 9.17) is 10.2 Å². The van der Waals surface area contributed by atoms with E-state index in [9.17, 15) is 19.3 Å². The number of nitro benzene ring substituents is 1. The van der Waals surface area contributed by atoms with Crippen LogP contribution >= 0.6 is 0 Å². The monoisotopic (exact) mass is 286 g/mol. The number of nitro groups is 1. The highest BCUT2D eigenvalue weighted by Gasteiger charge is 2.26. The Morgan fingerprint density at radius 2 is 2.10 bits per heavy atom. The predicted octanol–water partition coefficient (Wildman–Crippen LogP) is 1.64. The molecule has 0 radical (unpaired) electrons. The summed E-state index contributed by atoms with van der Waals surface area (Å²) in [5, 5.41) is 28.9. The summed E-state index contributed by atoms with van der Waals surface area (Å²) in [6.45, 7) is 3.25. The number of nitrogens with zero attached hydrogens (tertiary/aromatic N) is 2. The molecular formula is C12H15FN2O5. The van der Waals surface area contributed by atoms with Crippen LogP contribution in [0.25, 0.3) is 0 Å². The lowest BCUT2D eigenvalue weighted by atomic mass is 10.1. The molecule has 0 amide bonds. The van der Waals surface area contributed by atoms with E-state index in [1.54, 1.807) is 13.8 Å². The average Bonchev–Trinajstić information content (AvgIpc) is 2.35. The molecule has 0 saturated carbocycles. The summed E-state index contributed by atoms with van der Waals surface area (Å²) in [7, 11) is 0. The number of carboxylic acids is 1. The van der Waals surface area contributed by atoms with E-state index in [2.05, 4.69) is 0 Å². The van der Waals surface area contributed by atoms with Crippen LogP contribution in [0.5, 0.6) is 0 Å². The molecule has 110 valence electrons. The molecule has 0 aliphatic rings. The van der Waals surface area contributed by atoms with E-state index in [0.29, 0.717) is 6.07 Å². The molecule has 0 atom stereocenters. The Balaban J connectivity index is 3.50. The number of rotatable bonds is 6. The smallest absolute Gasteiger partial charge is 0.338 e. The molecular weight excluding hydrogens is 271 g/mol. The minimum atomic E-state index is -1.51. The van der Waals surface area contributed by atoms with Gasteiger partial charge in [0.1, 0.15) is 11.5 Å². The largest absolute Gasteiger partial charge is 0.478 e. The third-order valence-corrected chi connectivity index (χ3v) is 2.77. The zero-order valence-corrected chi connectivity index (χ0v) is 11.0. The van der Waals surface area contributed by atoms with E-state index in [1.165, 1.54) is 4.90 Å². The lowest BCUT2D eigenvalue weighted by molar-refractivity contribution is -0.384. The fourth-order valence-corrected chi connectivity index (χ4v) is 1.86. The third kappa shape index (κ3) is 3.21. The number of hydrogen-bond donors (Lipinski definition) is 2. The molecule has 0 aromatic heterocycles. The van der Waals surface area contributed by atoms with Gasteiger partial charge in [-0.25, -0.2) is 9.18 Å². The fraction of sp³-hybridized carbons (Fsp3) is 0.417. The summed E-state index contributed by atoms with van der Waals surface area (Å²) in [6, 6.07) is 1.28. The Morgan fingerprint density at radius 3 is 2.50 bits per heavy atom. The number of carbonyl (C=O) groups is 1. The Labute approximate surface area is 114 Å². The van der Waals surface area contributed by atoms with Crippen molar-refractivity contribution in [2.75, 3.05) is 18.1 Å². The molecule has 20 heavy (non-hydrogen) atoms. The van der Waals surface area contributed by atoms with Gasteiger partial charge in [-0.1, -0.05) is 0 Å². The molecule has 0 aliphatic heterocycles. The molecule has 8 heteroatoms. The first-order chi connectivity index (χ1) is 9.29. The fourth-order valence-electron chi connectivity index (χ4n) is 1.86. The van der Waals surface area contributed by atoms with Crippen LogP contribution in [-0.2, 0) is 0 Å². The number of halogens is 1. The maximum Gasteiger partial charge on any atom is 0.338 e. The van der Waals surface area contributed by atoms with Gasteiger partial charge in [-0.05, 0) is 19.9 Å². The lowest BCUT2D eigenvalue weighted by Crippen LogP contribution is -2.34. The van der Waals surface area contributed by atoms with Gasteiger partial charge in [0.25, 0.3) is 5.69 Å². The standard InChI is InChI=1S/C12H15FN2O5/c1-7(2)14(3-4-16)10-5-8(12(17)18)9(13)6-11(10)15(19)20/h5-7,16H,3-4H2,1-2H3,(H,17,18). The van der Waals surface area contributed by atoms with Gasteiger partial charge in [0.2, 0.25) is 0 Å². The summed E-state index contributed by atoms with van der Waals surface area (Å²) >= 11 is 0. The quantitative estimate of drug-likeness (QED) is 0.608. The van der Waals surface area contributed by atoms with Gasteiger partial charge in [0.05, 0.1) is 23.2 Å². The van der Waals surface area contributed by atoms with E-state index >= 15 is 0 Å².